The number of carbonyl (C=O) groups excluding carboxylic acids is 1. The molecule has 0 radical (unpaired) electrons. The molecule has 1 amide bonds. The van der Waals surface area contributed by atoms with E-state index in [2.05, 4.69) is 0 Å². The zero-order chi connectivity index (χ0) is 14.5. The molecule has 4 nitrogen and oxygen atoms in total. The van der Waals surface area contributed by atoms with Gasteiger partial charge in [0.2, 0.25) is 0 Å². The quantitative estimate of drug-likeness (QED) is 0.847. The molecule has 7 heteroatoms. The molecule has 1 aromatic carbocycles. The summed E-state index contributed by atoms with van der Waals surface area (Å²) in [6, 6.07) is 6.10. The highest BCUT2D eigenvalue weighted by Gasteiger charge is 2.33. The lowest BCUT2D eigenvalue weighted by molar-refractivity contribution is -0.141. The second-order valence-electron chi connectivity index (χ2n) is 3.97. The van der Waals surface area contributed by atoms with E-state index in [0.717, 1.165) is 0 Å². The zero-order valence-corrected chi connectivity index (χ0v) is 10.2. The van der Waals surface area contributed by atoms with Crippen molar-refractivity contribution in [3.63, 3.8) is 0 Å². The van der Waals surface area contributed by atoms with Gasteiger partial charge in [-0.25, -0.2) is 0 Å². The highest BCUT2D eigenvalue weighted by atomic mass is 19.4. The number of nitrogens with two attached hydrogens (primary N) is 1. The van der Waals surface area contributed by atoms with Crippen molar-refractivity contribution in [3.8, 4) is 0 Å². The Labute approximate surface area is 108 Å². The van der Waals surface area contributed by atoms with Gasteiger partial charge in [0.25, 0.3) is 5.91 Å². The lowest BCUT2D eigenvalue weighted by Crippen LogP contribution is -2.40. The standard InChI is InChI=1S/C12H15F3N2O2/c13-12(14,15)8-17(4-5-18)11(19)10-3-1-2-9(6-10)7-16/h1-3,6,18H,4-5,7-8,16H2. The first-order chi connectivity index (χ1) is 8.87. The number of carbonyl (C=O) groups is 1. The average Bonchev–Trinajstić information content (AvgIpc) is 2.36. The minimum Gasteiger partial charge on any atom is -0.395 e. The number of nitrogens with zero attached hydrogens (tertiary/aromatic N) is 1. The molecular weight excluding hydrogens is 261 g/mol. The Hall–Kier alpha value is -1.60. The summed E-state index contributed by atoms with van der Waals surface area (Å²) in [5.41, 5.74) is 6.19. The molecule has 0 heterocycles. The van der Waals surface area contributed by atoms with Crippen molar-refractivity contribution in [1.82, 2.24) is 4.90 Å². The van der Waals surface area contributed by atoms with Crippen LogP contribution in [0.3, 0.4) is 0 Å². The van der Waals surface area contributed by atoms with E-state index in [1.54, 1.807) is 12.1 Å². The van der Waals surface area contributed by atoms with Crippen molar-refractivity contribution in [2.24, 2.45) is 5.73 Å². The molecule has 0 saturated carbocycles. The second-order valence-corrected chi connectivity index (χ2v) is 3.97. The topological polar surface area (TPSA) is 66.6 Å². The molecule has 0 spiro atoms. The van der Waals surface area contributed by atoms with Crippen molar-refractivity contribution in [2.45, 2.75) is 12.7 Å². The van der Waals surface area contributed by atoms with Crippen LogP contribution in [-0.2, 0) is 6.54 Å². The summed E-state index contributed by atoms with van der Waals surface area (Å²) < 4.78 is 37.1. The van der Waals surface area contributed by atoms with E-state index in [0.29, 0.717) is 10.5 Å². The van der Waals surface area contributed by atoms with Crippen molar-refractivity contribution in [3.05, 3.63) is 35.4 Å². The van der Waals surface area contributed by atoms with Crippen LogP contribution in [0.1, 0.15) is 15.9 Å². The van der Waals surface area contributed by atoms with Gasteiger partial charge >= 0.3 is 6.18 Å². The van der Waals surface area contributed by atoms with Gasteiger partial charge in [0.1, 0.15) is 6.54 Å². The van der Waals surface area contributed by atoms with Crippen molar-refractivity contribution >= 4 is 5.91 Å². The van der Waals surface area contributed by atoms with E-state index in [1.807, 2.05) is 0 Å². The fraction of sp³-hybridized carbons (Fsp3) is 0.417. The van der Waals surface area contributed by atoms with Crippen LogP contribution < -0.4 is 5.73 Å². The van der Waals surface area contributed by atoms with Crippen LogP contribution in [0.2, 0.25) is 0 Å². The molecule has 0 aliphatic heterocycles. The Morgan fingerprint density at radius 3 is 2.58 bits per heavy atom. The van der Waals surface area contributed by atoms with Crippen LogP contribution in [0.25, 0.3) is 0 Å². The van der Waals surface area contributed by atoms with E-state index in [4.69, 9.17) is 10.8 Å². The maximum Gasteiger partial charge on any atom is 0.406 e. The van der Waals surface area contributed by atoms with Crippen LogP contribution in [0.4, 0.5) is 13.2 Å². The molecule has 0 atom stereocenters. The third kappa shape index (κ3) is 4.88. The Morgan fingerprint density at radius 2 is 2.05 bits per heavy atom. The molecule has 0 unspecified atom stereocenters. The first kappa shape index (κ1) is 15.5. The Bertz CT molecular complexity index is 435. The third-order valence-corrected chi connectivity index (χ3v) is 2.44. The number of hydrogen-bond acceptors (Lipinski definition) is 3. The molecule has 1 rings (SSSR count). The van der Waals surface area contributed by atoms with Crippen molar-refractivity contribution in [2.75, 3.05) is 19.7 Å². The molecule has 0 saturated heterocycles. The van der Waals surface area contributed by atoms with Crippen molar-refractivity contribution in [1.29, 1.82) is 0 Å². The number of benzene rings is 1. The van der Waals surface area contributed by atoms with Gasteiger partial charge in [-0.15, -0.1) is 0 Å². The van der Waals surface area contributed by atoms with E-state index in [-0.39, 0.29) is 18.7 Å². The monoisotopic (exact) mass is 276 g/mol. The predicted octanol–water partition coefficient (Wildman–Crippen LogP) is 1.14. The largest absolute Gasteiger partial charge is 0.406 e. The van der Waals surface area contributed by atoms with Crippen LogP contribution in [0.5, 0.6) is 0 Å². The lowest BCUT2D eigenvalue weighted by Gasteiger charge is -2.23. The summed E-state index contributed by atoms with van der Waals surface area (Å²) in [6.45, 7) is -2.09. The van der Waals surface area contributed by atoms with Gasteiger partial charge in [-0.3, -0.25) is 4.79 Å². The fourth-order valence-corrected chi connectivity index (χ4v) is 1.60. The number of alkyl halides is 3. The minimum atomic E-state index is -4.50. The molecule has 19 heavy (non-hydrogen) atoms. The SMILES string of the molecule is NCc1cccc(C(=O)N(CCO)CC(F)(F)F)c1. The zero-order valence-electron chi connectivity index (χ0n) is 10.2. The van der Waals surface area contributed by atoms with Crippen LogP contribution in [0.15, 0.2) is 24.3 Å². The van der Waals surface area contributed by atoms with Gasteiger partial charge in [0, 0.05) is 18.7 Å². The van der Waals surface area contributed by atoms with Gasteiger partial charge < -0.3 is 15.7 Å². The van der Waals surface area contributed by atoms with Gasteiger partial charge in [0.05, 0.1) is 6.61 Å². The Balaban J connectivity index is 2.91. The predicted molar refractivity (Wildman–Crippen MR) is 63.4 cm³/mol. The maximum absolute atomic E-state index is 12.4. The number of aliphatic hydroxyl groups is 1. The minimum absolute atomic E-state index is 0.126. The van der Waals surface area contributed by atoms with Gasteiger partial charge in [-0.05, 0) is 17.7 Å². The highest BCUT2D eigenvalue weighted by molar-refractivity contribution is 5.94. The van der Waals surface area contributed by atoms with Crippen LogP contribution >= 0.6 is 0 Å². The number of halogens is 3. The van der Waals surface area contributed by atoms with Gasteiger partial charge in [0.15, 0.2) is 0 Å². The summed E-state index contributed by atoms with van der Waals surface area (Å²) in [4.78, 5) is 12.5. The molecular formula is C12H15F3N2O2. The summed E-state index contributed by atoms with van der Waals surface area (Å²) in [6.07, 6.45) is -4.50. The van der Waals surface area contributed by atoms with Gasteiger partial charge in [-0.2, -0.15) is 13.2 Å². The Kier molecular flexibility index (Phi) is 5.31. The Morgan fingerprint density at radius 1 is 1.37 bits per heavy atom. The van der Waals surface area contributed by atoms with E-state index in [1.165, 1.54) is 12.1 Å². The lowest BCUT2D eigenvalue weighted by atomic mass is 10.1. The summed E-state index contributed by atoms with van der Waals surface area (Å²) >= 11 is 0. The molecule has 0 aliphatic rings. The van der Waals surface area contributed by atoms with Crippen LogP contribution in [0, 0.1) is 0 Å². The number of aliphatic hydroxyl groups excluding tert-OH is 1. The van der Waals surface area contributed by atoms with Crippen molar-refractivity contribution < 1.29 is 23.1 Å². The highest BCUT2D eigenvalue weighted by Crippen LogP contribution is 2.18. The van der Waals surface area contributed by atoms with Crippen LogP contribution in [-0.4, -0.2) is 41.8 Å². The summed E-state index contributed by atoms with van der Waals surface area (Å²) in [5.74, 6) is -0.776. The first-order valence-corrected chi connectivity index (χ1v) is 5.63. The molecule has 0 aliphatic carbocycles. The number of hydrogen-bond donors (Lipinski definition) is 2. The number of amides is 1. The van der Waals surface area contributed by atoms with E-state index < -0.39 is 25.2 Å². The van der Waals surface area contributed by atoms with E-state index >= 15 is 0 Å². The third-order valence-electron chi connectivity index (χ3n) is 2.44. The molecule has 106 valence electrons. The second kappa shape index (κ2) is 6.53. The van der Waals surface area contributed by atoms with Gasteiger partial charge in [-0.1, -0.05) is 12.1 Å². The molecule has 0 bridgehead atoms. The summed E-state index contributed by atoms with van der Waals surface area (Å²) in [5, 5.41) is 8.75. The molecule has 0 fully saturated rings. The first-order valence-electron chi connectivity index (χ1n) is 5.63. The fourth-order valence-electron chi connectivity index (χ4n) is 1.60. The molecule has 1 aromatic rings. The normalized spacial score (nSPS) is 11.4. The molecule has 3 N–H and O–H groups in total. The smallest absolute Gasteiger partial charge is 0.395 e. The average molecular weight is 276 g/mol. The number of rotatable bonds is 5. The molecule has 0 aromatic heterocycles. The van der Waals surface area contributed by atoms with E-state index in [9.17, 15) is 18.0 Å². The maximum atomic E-state index is 12.4. The summed E-state index contributed by atoms with van der Waals surface area (Å²) in [7, 11) is 0.